The van der Waals surface area contributed by atoms with Gasteiger partial charge in [-0.1, -0.05) is 30.3 Å². The molecule has 172 valence electrons. The summed E-state index contributed by atoms with van der Waals surface area (Å²) >= 11 is 0. The van der Waals surface area contributed by atoms with Crippen LogP contribution in [0, 0.1) is 5.41 Å². The Balaban J connectivity index is 2.50. The molecule has 31 heavy (non-hydrogen) atoms. The lowest BCUT2D eigenvalue weighted by atomic mass is 9.97. The van der Waals surface area contributed by atoms with Crippen LogP contribution >= 0.6 is 0 Å². The third-order valence-electron chi connectivity index (χ3n) is 5.34. The number of rotatable bonds is 11. The Bertz CT molecular complexity index is 881. The van der Waals surface area contributed by atoms with Crippen molar-refractivity contribution in [1.29, 1.82) is 5.41 Å². The van der Waals surface area contributed by atoms with Crippen LogP contribution in [-0.4, -0.2) is 78.2 Å². The van der Waals surface area contributed by atoms with Gasteiger partial charge in [-0.05, 0) is 24.8 Å². The van der Waals surface area contributed by atoms with Gasteiger partial charge in [-0.25, -0.2) is 13.2 Å². The van der Waals surface area contributed by atoms with Gasteiger partial charge >= 0.3 is 6.09 Å². The van der Waals surface area contributed by atoms with Crippen LogP contribution in [-0.2, 0) is 21.2 Å². The number of hydrogen-bond acceptors (Lipinski definition) is 7. The van der Waals surface area contributed by atoms with Crippen LogP contribution in [0.25, 0.3) is 0 Å². The number of guanidine groups is 1. The van der Waals surface area contributed by atoms with Crippen molar-refractivity contribution in [3.8, 4) is 0 Å². The SMILES string of the molecule is N=C(N)NCCCS(=O)(=O)N(C(=O)O)C(C=O)(Cc1ccccc1)N1CCCC1CN. The molecular weight excluding hydrogens is 424 g/mol. The molecular formula is C19H30N6O5S. The first-order valence-corrected chi connectivity index (χ1v) is 11.6. The quantitative estimate of drug-likeness (QED) is 0.130. The van der Waals surface area contributed by atoms with Crippen LogP contribution in [0.4, 0.5) is 4.79 Å². The molecule has 0 spiro atoms. The molecule has 11 nitrogen and oxygen atoms in total. The molecule has 2 unspecified atom stereocenters. The summed E-state index contributed by atoms with van der Waals surface area (Å²) in [6, 6.07) is 8.36. The van der Waals surface area contributed by atoms with Crippen LogP contribution in [0.3, 0.4) is 0 Å². The molecule has 0 bridgehead atoms. The van der Waals surface area contributed by atoms with Crippen LogP contribution in [0.2, 0.25) is 0 Å². The zero-order valence-electron chi connectivity index (χ0n) is 17.2. The number of carbonyl (C=O) groups excluding carboxylic acids is 1. The standard InChI is InChI=1S/C19H30N6O5S/c20-13-16-8-4-10-24(16)19(14-26,12-15-6-2-1-3-7-15)25(18(27)28)31(29,30)11-5-9-23-17(21)22/h1-3,6-7,14,16H,4-5,8-13,20H2,(H,27,28)(H4,21,22,23). The highest BCUT2D eigenvalue weighted by Crippen LogP contribution is 2.34. The van der Waals surface area contributed by atoms with Crippen LogP contribution in [0.15, 0.2) is 30.3 Å². The Hall–Kier alpha value is -2.70. The normalized spacial score (nSPS) is 18.8. The first kappa shape index (κ1) is 24.6. The minimum Gasteiger partial charge on any atom is -0.464 e. The Morgan fingerprint density at radius 3 is 2.61 bits per heavy atom. The third-order valence-corrected chi connectivity index (χ3v) is 7.17. The molecule has 1 aromatic carbocycles. The molecule has 7 N–H and O–H groups in total. The average Bonchev–Trinajstić information content (AvgIpc) is 3.20. The average molecular weight is 455 g/mol. The summed E-state index contributed by atoms with van der Waals surface area (Å²) in [4.78, 5) is 26.5. The summed E-state index contributed by atoms with van der Waals surface area (Å²) in [5.41, 5.74) is 9.73. The molecule has 12 heteroatoms. The largest absolute Gasteiger partial charge is 0.464 e. The zero-order valence-corrected chi connectivity index (χ0v) is 18.1. The molecule has 0 aromatic heterocycles. The molecule has 1 aliphatic rings. The molecule has 1 saturated heterocycles. The van der Waals surface area contributed by atoms with Crippen LogP contribution < -0.4 is 16.8 Å². The van der Waals surface area contributed by atoms with Gasteiger partial charge in [-0.2, -0.15) is 4.31 Å². The summed E-state index contributed by atoms with van der Waals surface area (Å²) in [6.07, 6.45) is -0.144. The maximum atomic E-state index is 13.2. The molecule has 2 rings (SSSR count). The predicted octanol–water partition coefficient (Wildman–Crippen LogP) is -0.270. The number of sulfonamides is 1. The first-order valence-electron chi connectivity index (χ1n) is 9.99. The molecule has 0 radical (unpaired) electrons. The van der Waals surface area contributed by atoms with Crippen molar-refractivity contribution in [2.24, 2.45) is 11.5 Å². The van der Waals surface area contributed by atoms with Crippen molar-refractivity contribution < 1.29 is 23.1 Å². The van der Waals surface area contributed by atoms with E-state index in [1.165, 1.54) is 0 Å². The van der Waals surface area contributed by atoms with Crippen molar-refractivity contribution in [3.05, 3.63) is 35.9 Å². The third kappa shape index (κ3) is 5.71. The van der Waals surface area contributed by atoms with Crippen molar-refractivity contribution in [2.45, 2.75) is 37.4 Å². The highest BCUT2D eigenvalue weighted by molar-refractivity contribution is 7.89. The van der Waals surface area contributed by atoms with Gasteiger partial charge in [0, 0.05) is 32.1 Å². The molecule has 1 fully saturated rings. The number of nitrogens with one attached hydrogen (secondary N) is 2. The number of nitrogens with two attached hydrogens (primary N) is 2. The van der Waals surface area contributed by atoms with E-state index in [0.717, 1.165) is 0 Å². The van der Waals surface area contributed by atoms with E-state index in [9.17, 15) is 23.1 Å². The minimum absolute atomic E-state index is 0.00624. The summed E-state index contributed by atoms with van der Waals surface area (Å²) in [6.45, 7) is 0.586. The van der Waals surface area contributed by atoms with Gasteiger partial charge in [0.1, 0.15) is 0 Å². The second-order valence-corrected chi connectivity index (χ2v) is 9.38. The fraction of sp³-hybridized carbons (Fsp3) is 0.526. The second-order valence-electron chi connectivity index (χ2n) is 7.44. The molecule has 1 heterocycles. The van der Waals surface area contributed by atoms with E-state index >= 15 is 0 Å². The number of benzene rings is 1. The lowest BCUT2D eigenvalue weighted by Crippen LogP contribution is -2.68. The van der Waals surface area contributed by atoms with Gasteiger partial charge in [-0.3, -0.25) is 15.1 Å². The summed E-state index contributed by atoms with van der Waals surface area (Å²) < 4.78 is 26.7. The van der Waals surface area contributed by atoms with Gasteiger partial charge in [0.15, 0.2) is 17.9 Å². The van der Waals surface area contributed by atoms with E-state index in [1.807, 2.05) is 0 Å². The van der Waals surface area contributed by atoms with Crippen molar-refractivity contribution in [1.82, 2.24) is 14.5 Å². The number of carbonyl (C=O) groups is 2. The number of hydrogen-bond donors (Lipinski definition) is 5. The van der Waals surface area contributed by atoms with E-state index in [-0.39, 0.29) is 37.9 Å². The van der Waals surface area contributed by atoms with E-state index in [1.54, 1.807) is 35.2 Å². The van der Waals surface area contributed by atoms with Gasteiger partial charge in [-0.15, -0.1) is 0 Å². The van der Waals surface area contributed by atoms with E-state index in [0.29, 0.717) is 35.5 Å². The molecule has 1 amide bonds. The van der Waals surface area contributed by atoms with Crippen LogP contribution in [0.5, 0.6) is 0 Å². The Kier molecular flexibility index (Phi) is 8.36. The van der Waals surface area contributed by atoms with E-state index in [4.69, 9.17) is 16.9 Å². The monoisotopic (exact) mass is 454 g/mol. The van der Waals surface area contributed by atoms with Crippen molar-refractivity contribution in [3.63, 3.8) is 0 Å². The van der Waals surface area contributed by atoms with Crippen molar-refractivity contribution >= 4 is 28.4 Å². The maximum absolute atomic E-state index is 13.2. The molecule has 0 aliphatic carbocycles. The van der Waals surface area contributed by atoms with Gasteiger partial charge in [0.05, 0.1) is 5.75 Å². The molecule has 2 atom stereocenters. The first-order chi connectivity index (χ1) is 14.7. The lowest BCUT2D eigenvalue weighted by Gasteiger charge is -2.46. The number of carboxylic acid groups (broad SMARTS) is 1. The topological polar surface area (TPSA) is 183 Å². The highest BCUT2D eigenvalue weighted by atomic mass is 32.2. The molecule has 0 saturated carbocycles. The fourth-order valence-corrected chi connectivity index (χ4v) is 5.65. The number of nitrogens with zero attached hydrogens (tertiary/aromatic N) is 2. The molecule has 1 aliphatic heterocycles. The van der Waals surface area contributed by atoms with Gasteiger partial charge in [0.25, 0.3) is 0 Å². The number of aldehydes is 1. The summed E-state index contributed by atoms with van der Waals surface area (Å²) in [7, 11) is -4.41. The Morgan fingerprint density at radius 1 is 1.39 bits per heavy atom. The fourth-order valence-electron chi connectivity index (χ4n) is 4.03. The predicted molar refractivity (Wildman–Crippen MR) is 116 cm³/mol. The smallest absolute Gasteiger partial charge is 0.423 e. The maximum Gasteiger partial charge on any atom is 0.423 e. The van der Waals surface area contributed by atoms with E-state index < -0.39 is 27.5 Å². The minimum atomic E-state index is -4.41. The number of amides is 1. The Labute approximate surface area is 181 Å². The molecule has 1 aromatic rings. The van der Waals surface area contributed by atoms with Crippen molar-refractivity contribution in [2.75, 3.05) is 25.4 Å². The number of likely N-dealkylation sites (tertiary alicyclic amines) is 1. The van der Waals surface area contributed by atoms with Gasteiger partial charge < -0.3 is 21.9 Å². The highest BCUT2D eigenvalue weighted by Gasteiger charge is 2.53. The van der Waals surface area contributed by atoms with E-state index in [2.05, 4.69) is 5.32 Å². The second kappa shape index (κ2) is 10.6. The van der Waals surface area contributed by atoms with Gasteiger partial charge in [0.2, 0.25) is 10.0 Å². The zero-order chi connectivity index (χ0) is 23.1. The lowest BCUT2D eigenvalue weighted by molar-refractivity contribution is -0.126. The Morgan fingerprint density at radius 2 is 2.06 bits per heavy atom. The summed E-state index contributed by atoms with van der Waals surface area (Å²) in [5.74, 6) is -0.855. The van der Waals surface area contributed by atoms with Crippen LogP contribution in [0.1, 0.15) is 24.8 Å². The summed E-state index contributed by atoms with van der Waals surface area (Å²) in [5, 5.41) is 19.6.